The summed E-state index contributed by atoms with van der Waals surface area (Å²) in [6, 6.07) is 43.2. The standard InChI is InChI=1S/C25H30N4O4.C24H27N5O3.C15H16N4O3.C11H13NO2.C10H17NO.C9H15NO4.C9H15NO2.C5H8O/c30-22(12-26-24(31)19-14-29(15-19)13-16-5-4-6-16)18-9-20(10-18)27-25(32)23-11-21(28-33-23)17-7-2-1-3-8-17;30-22(21-11-20(28-32-21)16-7-2-1-3-8-16)25-19-9-17(10-19)23-26-27-24(31-23)18-13-29(14-18)12-15-5-4-6-15;16-18-14(20)10-6-11(7-10)17-15(21)13-8-12(19-22-13)9-4-2-1-3-5-9;13-11(10-6-12-7-10)14-8-9-4-2-1-3-5-9;1-8(12)10-6-11(7-10)5-9-3-2-4-9;1-9(2,3)14-8(13)10-4-6(5-10)7(11)12;11-9(12)8-5-10(6-8)4-7-2-1-3-7;6-4-5-2-1-3-5/h1-3,7-8,11,16,18-20H,4-6,9-10,12-15H2,(H,26,31)(H,27,32);1-3,7-8,11,15,17-19H,4-6,9-10,12-14H2,(H,25,30);1-5,8,10-11H,6-7,16H2,(H,17,21)(H,18,20);1-5,10,12H,6-8H2;9-10H,2-7H2,1H3;6H,4-5H2,1-3H3,(H,11,12);7-8H,1-6H2,(H,11,12);4-5H,1-3H2. The number of rotatable bonds is 31. The van der Waals surface area contributed by atoms with Crippen LogP contribution in [0.15, 0.2) is 158 Å². The topological polar surface area (TPSA) is 495 Å². The van der Waals surface area contributed by atoms with E-state index in [1.165, 1.54) is 101 Å². The first-order chi connectivity index (χ1) is 70.0. The first-order valence-corrected chi connectivity index (χ1v) is 51.9. The van der Waals surface area contributed by atoms with Gasteiger partial charge < -0.3 is 93.6 Å². The number of aromatic nitrogens is 5. The third-order valence-corrected chi connectivity index (χ3v) is 30.0. The highest BCUT2D eigenvalue weighted by Gasteiger charge is 2.44. The Morgan fingerprint density at radius 3 is 1.19 bits per heavy atom. The van der Waals surface area contributed by atoms with E-state index in [4.69, 9.17) is 43.5 Å². The molecule has 6 saturated heterocycles. The summed E-state index contributed by atoms with van der Waals surface area (Å²) in [5.41, 5.74) is 7.18. The summed E-state index contributed by atoms with van der Waals surface area (Å²) >= 11 is 0. The molecule has 8 aliphatic carbocycles. The summed E-state index contributed by atoms with van der Waals surface area (Å²) < 4.78 is 31.7. The fourth-order valence-electron chi connectivity index (χ4n) is 19.0. The molecule has 0 bridgehead atoms. The zero-order valence-corrected chi connectivity index (χ0v) is 83.5. The number of likely N-dealkylation sites (tertiary alicyclic amines) is 5. The maximum atomic E-state index is 12.5. The number of carbonyl (C=O) groups excluding carboxylic acids is 10. The van der Waals surface area contributed by atoms with Gasteiger partial charge in [-0.3, -0.25) is 53.4 Å². The summed E-state index contributed by atoms with van der Waals surface area (Å²) in [6.45, 7) is 21.6. The van der Waals surface area contributed by atoms with Gasteiger partial charge in [-0.2, -0.15) is 0 Å². The number of carboxylic acids is 2. The van der Waals surface area contributed by atoms with Crippen LogP contribution in [0.4, 0.5) is 4.79 Å². The van der Waals surface area contributed by atoms with E-state index in [2.05, 4.69) is 77.3 Å². The van der Waals surface area contributed by atoms with E-state index in [-0.39, 0.29) is 132 Å². The van der Waals surface area contributed by atoms with Gasteiger partial charge in [0.1, 0.15) is 41.4 Å². The molecule has 0 spiro atoms. The molecule has 10 N–H and O–H groups in total. The lowest BCUT2D eigenvalue weighted by atomic mass is 9.77. The van der Waals surface area contributed by atoms with Crippen molar-refractivity contribution in [1.29, 1.82) is 0 Å². The smallest absolute Gasteiger partial charge is 0.410 e. The number of amides is 6. The van der Waals surface area contributed by atoms with Crippen molar-refractivity contribution in [2.75, 3.05) is 111 Å². The monoisotopic (exact) mass is 2000 g/mol. The van der Waals surface area contributed by atoms with Crippen LogP contribution < -0.4 is 37.9 Å². The number of nitrogens with one attached hydrogen (secondary N) is 6. The lowest BCUT2D eigenvalue weighted by Gasteiger charge is -2.42. The van der Waals surface area contributed by atoms with E-state index in [0.717, 1.165) is 162 Å². The Balaban J connectivity index is 0.000000130. The van der Waals surface area contributed by atoms with Crippen molar-refractivity contribution < 1.29 is 95.2 Å². The van der Waals surface area contributed by atoms with Crippen molar-refractivity contribution in [3.63, 3.8) is 0 Å². The van der Waals surface area contributed by atoms with Crippen molar-refractivity contribution in [3.8, 4) is 33.8 Å². The number of hydrogen-bond donors (Lipinski definition) is 9. The fraction of sp³-hybridized carbons (Fsp3) is 0.565. The number of benzene rings is 4. The molecule has 4 aromatic carbocycles. The van der Waals surface area contributed by atoms with Crippen molar-refractivity contribution in [1.82, 2.24) is 82.2 Å². The molecule has 14 aliphatic rings. The number of nitrogens with two attached hydrogens (primary N) is 1. The average molecular weight is 2000 g/mol. The van der Waals surface area contributed by atoms with E-state index in [9.17, 15) is 57.5 Å². The first kappa shape index (κ1) is 107. The molecular formula is C108H141N17O20. The number of Topliss-reactive ketones (excluding diaryl/α,β-unsaturated/α-hetero) is 2. The Morgan fingerprint density at radius 1 is 0.455 bits per heavy atom. The van der Waals surface area contributed by atoms with Crippen molar-refractivity contribution in [2.45, 2.75) is 205 Å². The number of hydrazine groups is 1. The minimum absolute atomic E-state index is 0.00832. The summed E-state index contributed by atoms with van der Waals surface area (Å²) in [5.74, 6) is 9.05. The largest absolute Gasteiger partial charge is 0.481 e. The van der Waals surface area contributed by atoms with Crippen molar-refractivity contribution in [2.24, 2.45) is 76.9 Å². The van der Waals surface area contributed by atoms with Crippen molar-refractivity contribution >= 4 is 71.4 Å². The molecule has 145 heavy (non-hydrogen) atoms. The van der Waals surface area contributed by atoms with Crippen LogP contribution >= 0.6 is 0 Å². The van der Waals surface area contributed by atoms with Gasteiger partial charge in [-0.25, -0.2) is 10.6 Å². The van der Waals surface area contributed by atoms with Crippen LogP contribution in [0.5, 0.6) is 0 Å². The number of ketones is 2. The number of esters is 1. The number of ether oxygens (including phenoxy) is 2. The second kappa shape index (κ2) is 51.5. The highest BCUT2D eigenvalue weighted by Crippen LogP contribution is 2.41. The molecule has 6 aliphatic heterocycles. The molecule has 8 aromatic rings. The van der Waals surface area contributed by atoms with Gasteiger partial charge in [-0.15, -0.1) is 10.2 Å². The molecule has 37 heteroatoms. The zero-order chi connectivity index (χ0) is 102. The average Bonchev–Trinajstić information content (AvgIpc) is 1.65. The van der Waals surface area contributed by atoms with E-state index >= 15 is 0 Å². The second-order valence-corrected chi connectivity index (χ2v) is 42.5. The number of nitrogens with zero attached hydrogens (tertiary/aromatic N) is 10. The summed E-state index contributed by atoms with van der Waals surface area (Å²) in [7, 11) is 0. The molecule has 37 nitrogen and oxygen atoms in total. The van der Waals surface area contributed by atoms with Gasteiger partial charge in [0.25, 0.3) is 17.7 Å². The fourth-order valence-corrected chi connectivity index (χ4v) is 19.0. The molecule has 0 atom stereocenters. The quantitative estimate of drug-likeness (QED) is 0.00640. The van der Waals surface area contributed by atoms with Crippen LogP contribution in [0.2, 0.25) is 0 Å². The number of aldehydes is 1. The molecule has 4 aromatic heterocycles. The minimum atomic E-state index is -0.857. The third-order valence-electron chi connectivity index (χ3n) is 30.0. The Morgan fingerprint density at radius 2 is 0.834 bits per heavy atom. The van der Waals surface area contributed by atoms with Crippen LogP contribution in [0, 0.1) is 71.0 Å². The highest BCUT2D eigenvalue weighted by molar-refractivity contribution is 5.95. The maximum absolute atomic E-state index is 12.5. The molecule has 14 fully saturated rings. The van der Waals surface area contributed by atoms with Gasteiger partial charge >= 0.3 is 24.0 Å². The summed E-state index contributed by atoms with van der Waals surface area (Å²) in [4.78, 5) is 148. The van der Waals surface area contributed by atoms with E-state index in [1.807, 2.05) is 121 Å². The SMILES string of the molecule is CC(=O)C1CN(CC2CCC2)C1.CC(C)(C)OC(=O)N1CC(C(=O)O)C1.NNC(=O)C1CC(NC(=O)c2cc(-c3ccccc3)no2)C1.O=C(NC1CC(C(=O)CNC(=O)C2CN(CC3CCC3)C2)C1)c1cc(-c2ccccc2)no1.O=C(NC1CC(c2nnc(C3CN(CC4CCC4)C3)o2)C1)c1cc(-c2ccccc2)no1.O=C(O)C1CN(CC2CCC2)C1.O=C(OCc1ccccc1)C1CNC1.O=CC1CCC1. The number of hydrogen-bond acceptors (Lipinski definition) is 29. The Bertz CT molecular complexity index is 5520. The lowest BCUT2D eigenvalue weighted by Crippen LogP contribution is -2.56. The lowest BCUT2D eigenvalue weighted by molar-refractivity contribution is -0.151. The van der Waals surface area contributed by atoms with Crippen LogP contribution in [0.25, 0.3) is 33.8 Å². The van der Waals surface area contributed by atoms with E-state index in [0.29, 0.717) is 78.8 Å². The molecular weight excluding hydrogens is 1860 g/mol. The van der Waals surface area contributed by atoms with Crippen LogP contribution in [-0.2, 0) is 54.4 Å². The third kappa shape index (κ3) is 31.0. The van der Waals surface area contributed by atoms with Gasteiger partial charge in [0, 0.05) is 187 Å². The van der Waals surface area contributed by atoms with Crippen LogP contribution in [0.1, 0.15) is 223 Å². The number of carbonyl (C=O) groups is 12. The molecule has 778 valence electrons. The van der Waals surface area contributed by atoms with Gasteiger partial charge in [-0.05, 0) is 160 Å². The maximum Gasteiger partial charge on any atom is 0.410 e. The molecule has 0 radical (unpaired) electrons. The molecule has 10 heterocycles. The highest BCUT2D eigenvalue weighted by atomic mass is 16.6. The van der Waals surface area contributed by atoms with Gasteiger partial charge in [0.15, 0.2) is 5.78 Å². The Hall–Kier alpha value is -12.6. The van der Waals surface area contributed by atoms with Gasteiger partial charge in [0.2, 0.25) is 40.9 Å². The number of aliphatic carboxylic acids is 2. The Labute approximate surface area is 845 Å². The van der Waals surface area contributed by atoms with Gasteiger partial charge in [0.05, 0.1) is 36.1 Å². The normalized spacial score (nSPS) is 22.1. The molecule has 22 rings (SSSR count). The second-order valence-electron chi connectivity index (χ2n) is 42.5. The summed E-state index contributed by atoms with van der Waals surface area (Å²) in [6.07, 6.45) is 24.6. The van der Waals surface area contributed by atoms with Gasteiger partial charge in [-0.1, -0.05) is 169 Å². The molecule has 0 unspecified atom stereocenters. The first-order valence-electron chi connectivity index (χ1n) is 51.9. The molecule has 8 saturated carbocycles. The van der Waals surface area contributed by atoms with E-state index < -0.39 is 29.6 Å². The Kier molecular flexibility index (Phi) is 37.9. The minimum Gasteiger partial charge on any atom is -0.481 e. The predicted molar refractivity (Wildman–Crippen MR) is 533 cm³/mol. The predicted octanol–water partition coefficient (Wildman–Crippen LogP) is 11.7. The zero-order valence-electron chi connectivity index (χ0n) is 83.5. The van der Waals surface area contributed by atoms with Crippen LogP contribution in [0.3, 0.4) is 0 Å². The molecule has 6 amide bonds. The van der Waals surface area contributed by atoms with Crippen LogP contribution in [-0.4, -0.2) is 267 Å². The van der Waals surface area contributed by atoms with E-state index in [1.54, 1.807) is 45.9 Å². The summed E-state index contributed by atoms with van der Waals surface area (Å²) in [5, 5.41) is 52.2. The van der Waals surface area contributed by atoms with Crippen molar-refractivity contribution in [3.05, 3.63) is 174 Å². The number of carboxylic acid groups (broad SMARTS) is 2.